The van der Waals surface area contributed by atoms with Gasteiger partial charge in [0.15, 0.2) is 0 Å². The summed E-state index contributed by atoms with van der Waals surface area (Å²) in [5, 5.41) is 0. The van der Waals surface area contributed by atoms with Gasteiger partial charge in [0.2, 0.25) is 5.91 Å². The molecule has 0 aliphatic heterocycles. The van der Waals surface area contributed by atoms with Gasteiger partial charge in [0.25, 0.3) is 0 Å². The van der Waals surface area contributed by atoms with E-state index < -0.39 is 5.91 Å². The molecule has 0 bridgehead atoms. The maximum absolute atomic E-state index is 10.8. The van der Waals surface area contributed by atoms with E-state index in [0.29, 0.717) is 12.1 Å². The summed E-state index contributed by atoms with van der Waals surface area (Å²) >= 11 is 0. The summed E-state index contributed by atoms with van der Waals surface area (Å²) in [6, 6.07) is 3.62. The van der Waals surface area contributed by atoms with Crippen molar-refractivity contribution in [1.29, 1.82) is 0 Å². The highest BCUT2D eigenvalue weighted by Gasteiger charge is 2.09. The first-order valence-corrected chi connectivity index (χ1v) is 4.75. The average Bonchev–Trinajstić information content (AvgIpc) is 2.27. The molecule has 1 amide bonds. The number of primary amides is 1. The molecule has 1 unspecified atom stereocenters. The fourth-order valence-electron chi connectivity index (χ4n) is 1.12. The van der Waals surface area contributed by atoms with Crippen LogP contribution in [-0.2, 0) is 0 Å². The lowest BCUT2D eigenvalue weighted by atomic mass is 10.2. The third-order valence-corrected chi connectivity index (χ3v) is 2.40. The summed E-state index contributed by atoms with van der Waals surface area (Å²) < 4.78 is 0. The van der Waals surface area contributed by atoms with Gasteiger partial charge < -0.3 is 16.4 Å². The topological polar surface area (TPSA) is 85.2 Å². The summed E-state index contributed by atoms with van der Waals surface area (Å²) in [5.74, 6) is 0.307. The Balaban J connectivity index is 2.84. The fraction of sp³-hybridized carbons (Fsp3) is 0.400. The van der Waals surface area contributed by atoms with Crippen molar-refractivity contribution in [2.75, 3.05) is 18.5 Å². The molecule has 1 heterocycles. The van der Waals surface area contributed by atoms with E-state index in [0.717, 1.165) is 5.82 Å². The predicted molar refractivity (Wildman–Crippen MR) is 59.7 cm³/mol. The number of amides is 1. The first-order chi connectivity index (χ1) is 7.06. The summed E-state index contributed by atoms with van der Waals surface area (Å²) in [6.07, 6.45) is 1.47. The minimum Gasteiger partial charge on any atom is -0.366 e. The molecule has 5 nitrogen and oxygen atoms in total. The van der Waals surface area contributed by atoms with Crippen LogP contribution in [0.1, 0.15) is 17.3 Å². The molecule has 5 heteroatoms. The van der Waals surface area contributed by atoms with Crippen molar-refractivity contribution in [2.45, 2.75) is 13.0 Å². The van der Waals surface area contributed by atoms with E-state index in [1.165, 1.54) is 6.20 Å². The Morgan fingerprint density at radius 3 is 2.67 bits per heavy atom. The lowest BCUT2D eigenvalue weighted by Crippen LogP contribution is -2.35. The zero-order valence-electron chi connectivity index (χ0n) is 8.97. The molecule has 15 heavy (non-hydrogen) atoms. The van der Waals surface area contributed by atoms with E-state index in [9.17, 15) is 4.79 Å². The van der Waals surface area contributed by atoms with Gasteiger partial charge in [-0.25, -0.2) is 4.98 Å². The van der Waals surface area contributed by atoms with Crippen LogP contribution < -0.4 is 16.4 Å². The first-order valence-electron chi connectivity index (χ1n) is 4.75. The standard InChI is InChI=1S/C10H16N4O/c1-7(5-11)14(2)9-4-3-8(6-13-9)10(12)15/h3-4,6-7H,5,11H2,1-2H3,(H2,12,15). The molecule has 0 saturated carbocycles. The van der Waals surface area contributed by atoms with E-state index in [1.54, 1.807) is 12.1 Å². The monoisotopic (exact) mass is 208 g/mol. The van der Waals surface area contributed by atoms with Gasteiger partial charge in [-0.2, -0.15) is 0 Å². The summed E-state index contributed by atoms with van der Waals surface area (Å²) in [4.78, 5) is 16.9. The predicted octanol–water partition coefficient (Wildman–Crippen LogP) is -0.0361. The Morgan fingerprint density at radius 1 is 1.60 bits per heavy atom. The normalized spacial score (nSPS) is 12.2. The molecule has 0 fully saturated rings. The molecular formula is C10H16N4O. The Kier molecular flexibility index (Phi) is 3.62. The SMILES string of the molecule is CC(CN)N(C)c1ccc(C(N)=O)cn1. The van der Waals surface area contributed by atoms with Gasteiger partial charge in [0, 0.05) is 25.8 Å². The zero-order valence-corrected chi connectivity index (χ0v) is 8.97. The molecule has 1 aromatic rings. The molecule has 1 rings (SSSR count). The number of hydrogen-bond acceptors (Lipinski definition) is 4. The highest BCUT2D eigenvalue weighted by molar-refractivity contribution is 5.92. The highest BCUT2D eigenvalue weighted by Crippen LogP contribution is 2.11. The van der Waals surface area contributed by atoms with Crippen molar-refractivity contribution in [3.05, 3.63) is 23.9 Å². The summed E-state index contributed by atoms with van der Waals surface area (Å²) in [6.45, 7) is 2.55. The van der Waals surface area contributed by atoms with Gasteiger partial charge in [-0.3, -0.25) is 4.79 Å². The van der Waals surface area contributed by atoms with E-state index in [1.807, 2.05) is 18.9 Å². The third-order valence-electron chi connectivity index (χ3n) is 2.40. The van der Waals surface area contributed by atoms with Crippen LogP contribution in [-0.4, -0.2) is 30.5 Å². The number of nitrogens with two attached hydrogens (primary N) is 2. The maximum Gasteiger partial charge on any atom is 0.250 e. The molecule has 0 aliphatic carbocycles. The Labute approximate surface area is 89.1 Å². The van der Waals surface area contributed by atoms with Crippen molar-refractivity contribution >= 4 is 11.7 Å². The second kappa shape index (κ2) is 4.75. The van der Waals surface area contributed by atoms with Gasteiger partial charge in [-0.15, -0.1) is 0 Å². The Morgan fingerprint density at radius 2 is 2.27 bits per heavy atom. The molecule has 0 spiro atoms. The number of hydrogen-bond donors (Lipinski definition) is 2. The number of aromatic nitrogens is 1. The molecule has 4 N–H and O–H groups in total. The number of likely N-dealkylation sites (N-methyl/N-ethyl adjacent to an activating group) is 1. The van der Waals surface area contributed by atoms with Crippen molar-refractivity contribution < 1.29 is 4.79 Å². The molecule has 0 saturated heterocycles. The molecule has 1 atom stereocenters. The van der Waals surface area contributed by atoms with Crippen LogP contribution in [0.5, 0.6) is 0 Å². The van der Waals surface area contributed by atoms with Gasteiger partial charge >= 0.3 is 0 Å². The lowest BCUT2D eigenvalue weighted by molar-refractivity contribution is 0.1000. The van der Waals surface area contributed by atoms with Gasteiger partial charge in [0.05, 0.1) is 5.56 Å². The van der Waals surface area contributed by atoms with Crippen LogP contribution in [0, 0.1) is 0 Å². The summed E-state index contributed by atoms with van der Waals surface area (Å²) in [7, 11) is 1.91. The third kappa shape index (κ3) is 2.66. The molecule has 82 valence electrons. The largest absolute Gasteiger partial charge is 0.366 e. The van der Waals surface area contributed by atoms with Crippen LogP contribution >= 0.6 is 0 Å². The number of anilines is 1. The number of nitrogens with zero attached hydrogens (tertiary/aromatic N) is 2. The van der Waals surface area contributed by atoms with E-state index >= 15 is 0 Å². The van der Waals surface area contributed by atoms with Gasteiger partial charge in [-0.05, 0) is 19.1 Å². The van der Waals surface area contributed by atoms with Crippen LogP contribution in [0.25, 0.3) is 0 Å². The highest BCUT2D eigenvalue weighted by atomic mass is 16.1. The van der Waals surface area contributed by atoms with E-state index in [2.05, 4.69) is 4.98 Å². The van der Waals surface area contributed by atoms with Crippen molar-refractivity contribution in [1.82, 2.24) is 4.98 Å². The second-order valence-corrected chi connectivity index (χ2v) is 3.46. The second-order valence-electron chi connectivity index (χ2n) is 3.46. The minimum atomic E-state index is -0.469. The molecule has 0 radical (unpaired) electrons. The molecule has 0 aromatic carbocycles. The van der Waals surface area contributed by atoms with E-state index in [-0.39, 0.29) is 6.04 Å². The number of pyridine rings is 1. The van der Waals surface area contributed by atoms with Crippen LogP contribution in [0.2, 0.25) is 0 Å². The van der Waals surface area contributed by atoms with Crippen LogP contribution in [0.4, 0.5) is 5.82 Å². The number of rotatable bonds is 4. The fourth-order valence-corrected chi connectivity index (χ4v) is 1.12. The van der Waals surface area contributed by atoms with Crippen molar-refractivity contribution in [3.8, 4) is 0 Å². The zero-order chi connectivity index (χ0) is 11.4. The van der Waals surface area contributed by atoms with Crippen LogP contribution in [0.15, 0.2) is 18.3 Å². The average molecular weight is 208 g/mol. The van der Waals surface area contributed by atoms with Gasteiger partial charge in [-0.1, -0.05) is 0 Å². The number of carbonyl (C=O) groups excluding carboxylic acids is 1. The molecule has 1 aromatic heterocycles. The lowest BCUT2D eigenvalue weighted by Gasteiger charge is -2.24. The summed E-state index contributed by atoms with van der Waals surface area (Å²) in [5.41, 5.74) is 11.1. The molecule has 0 aliphatic rings. The van der Waals surface area contributed by atoms with Crippen molar-refractivity contribution in [3.63, 3.8) is 0 Å². The van der Waals surface area contributed by atoms with Crippen molar-refractivity contribution in [2.24, 2.45) is 11.5 Å². The van der Waals surface area contributed by atoms with Crippen LogP contribution in [0.3, 0.4) is 0 Å². The minimum absolute atomic E-state index is 0.205. The number of carbonyl (C=O) groups is 1. The Hall–Kier alpha value is -1.62. The van der Waals surface area contributed by atoms with E-state index in [4.69, 9.17) is 11.5 Å². The smallest absolute Gasteiger partial charge is 0.250 e. The molecular weight excluding hydrogens is 192 g/mol. The quantitative estimate of drug-likeness (QED) is 0.727. The first kappa shape index (κ1) is 11.5. The Bertz CT molecular complexity index is 336. The van der Waals surface area contributed by atoms with Gasteiger partial charge in [0.1, 0.15) is 5.82 Å². The maximum atomic E-state index is 10.8.